The van der Waals surface area contributed by atoms with E-state index >= 15 is 0 Å². The van der Waals surface area contributed by atoms with Crippen LogP contribution in [0, 0.1) is 13.8 Å². The maximum atomic E-state index is 12.9. The van der Waals surface area contributed by atoms with Gasteiger partial charge in [-0.2, -0.15) is 0 Å². The highest BCUT2D eigenvalue weighted by Gasteiger charge is 2.22. The molecule has 1 N–H and O–H groups in total. The molecule has 1 aromatic heterocycles. The molecular formula is C24H33N3O2. The van der Waals surface area contributed by atoms with Crippen LogP contribution in [0.15, 0.2) is 30.3 Å². The number of carbonyl (C=O) groups excluding carboxylic acids is 1. The van der Waals surface area contributed by atoms with Gasteiger partial charge >= 0.3 is 0 Å². The molecule has 0 spiro atoms. The van der Waals surface area contributed by atoms with Gasteiger partial charge in [0.1, 0.15) is 0 Å². The van der Waals surface area contributed by atoms with E-state index in [1.54, 1.807) is 0 Å². The lowest BCUT2D eigenvalue weighted by Crippen LogP contribution is -2.35. The summed E-state index contributed by atoms with van der Waals surface area (Å²) in [5.41, 5.74) is 5.20. The van der Waals surface area contributed by atoms with Crippen molar-refractivity contribution >= 4 is 11.6 Å². The predicted octanol–water partition coefficient (Wildman–Crippen LogP) is 4.69. The van der Waals surface area contributed by atoms with E-state index in [9.17, 15) is 4.79 Å². The fraction of sp³-hybridized carbons (Fsp3) is 0.542. The van der Waals surface area contributed by atoms with E-state index in [4.69, 9.17) is 4.74 Å². The maximum absolute atomic E-state index is 12.9. The van der Waals surface area contributed by atoms with Gasteiger partial charge in [0, 0.05) is 42.8 Å². The van der Waals surface area contributed by atoms with Crippen molar-refractivity contribution in [2.75, 3.05) is 31.6 Å². The standard InChI is InChI=1S/C24H33N3O2/c1-18-16-23(19(2)27(18)22-6-4-3-5-7-22)24(28)25-21-10-8-20(9-11-21)17-26-12-14-29-15-13-26/h8-11,16,22H,3-7,12-15,17H2,1-2H3,(H,25,28). The molecule has 5 heteroatoms. The number of nitrogens with one attached hydrogen (secondary N) is 1. The van der Waals surface area contributed by atoms with Crippen LogP contribution in [0.3, 0.4) is 0 Å². The Morgan fingerprint density at radius 2 is 1.76 bits per heavy atom. The largest absolute Gasteiger partial charge is 0.379 e. The van der Waals surface area contributed by atoms with Crippen molar-refractivity contribution in [1.82, 2.24) is 9.47 Å². The number of benzene rings is 1. The van der Waals surface area contributed by atoms with E-state index in [-0.39, 0.29) is 5.91 Å². The van der Waals surface area contributed by atoms with Crippen LogP contribution in [0.1, 0.15) is 65.5 Å². The molecule has 1 saturated carbocycles. The van der Waals surface area contributed by atoms with Crippen LogP contribution in [0.25, 0.3) is 0 Å². The Hall–Kier alpha value is -2.11. The van der Waals surface area contributed by atoms with Crippen molar-refractivity contribution in [3.05, 3.63) is 52.8 Å². The Labute approximate surface area is 174 Å². The number of anilines is 1. The minimum absolute atomic E-state index is 0.0129. The summed E-state index contributed by atoms with van der Waals surface area (Å²) in [6.45, 7) is 8.73. The minimum atomic E-state index is -0.0129. The molecule has 0 bridgehead atoms. The number of hydrogen-bond donors (Lipinski definition) is 1. The van der Waals surface area contributed by atoms with E-state index in [1.807, 2.05) is 18.2 Å². The van der Waals surface area contributed by atoms with Gasteiger partial charge in [0.05, 0.1) is 18.8 Å². The smallest absolute Gasteiger partial charge is 0.257 e. The van der Waals surface area contributed by atoms with Gasteiger partial charge < -0.3 is 14.6 Å². The molecule has 156 valence electrons. The molecule has 1 aliphatic heterocycles. The Bertz CT molecular complexity index is 829. The minimum Gasteiger partial charge on any atom is -0.379 e. The number of aromatic nitrogens is 1. The first kappa shape index (κ1) is 20.2. The van der Waals surface area contributed by atoms with Crippen LogP contribution in [-0.2, 0) is 11.3 Å². The zero-order chi connectivity index (χ0) is 20.2. The second kappa shape index (κ2) is 9.14. The third-order valence-electron chi connectivity index (χ3n) is 6.39. The second-order valence-corrected chi connectivity index (χ2v) is 8.49. The lowest BCUT2D eigenvalue weighted by atomic mass is 9.95. The van der Waals surface area contributed by atoms with Crippen molar-refractivity contribution in [3.63, 3.8) is 0 Å². The first-order chi connectivity index (χ1) is 14.1. The van der Waals surface area contributed by atoms with Crippen molar-refractivity contribution < 1.29 is 9.53 Å². The van der Waals surface area contributed by atoms with Gasteiger partial charge in [0.15, 0.2) is 0 Å². The normalized spacial score (nSPS) is 18.7. The molecule has 5 nitrogen and oxygen atoms in total. The fourth-order valence-corrected chi connectivity index (χ4v) is 4.82. The molecule has 0 radical (unpaired) electrons. The molecule has 2 heterocycles. The monoisotopic (exact) mass is 395 g/mol. The summed E-state index contributed by atoms with van der Waals surface area (Å²) in [5.74, 6) is -0.0129. The molecule has 2 aliphatic rings. The van der Waals surface area contributed by atoms with E-state index in [1.165, 1.54) is 43.4 Å². The Morgan fingerprint density at radius 3 is 2.45 bits per heavy atom. The number of hydrogen-bond acceptors (Lipinski definition) is 3. The average molecular weight is 396 g/mol. The third-order valence-corrected chi connectivity index (χ3v) is 6.39. The van der Waals surface area contributed by atoms with Crippen LogP contribution >= 0.6 is 0 Å². The van der Waals surface area contributed by atoms with E-state index in [2.05, 4.69) is 40.8 Å². The highest BCUT2D eigenvalue weighted by molar-refractivity contribution is 6.05. The Kier molecular flexibility index (Phi) is 6.36. The van der Waals surface area contributed by atoms with E-state index < -0.39 is 0 Å². The van der Waals surface area contributed by atoms with Crippen LogP contribution in [0.5, 0.6) is 0 Å². The number of carbonyl (C=O) groups is 1. The summed E-state index contributed by atoms with van der Waals surface area (Å²) >= 11 is 0. The lowest BCUT2D eigenvalue weighted by molar-refractivity contribution is 0.0342. The number of morpholine rings is 1. The molecule has 2 fully saturated rings. The fourth-order valence-electron chi connectivity index (χ4n) is 4.82. The van der Waals surface area contributed by atoms with E-state index in [0.717, 1.165) is 49.8 Å². The SMILES string of the molecule is Cc1cc(C(=O)Nc2ccc(CN3CCOCC3)cc2)c(C)n1C1CCCCC1. The molecule has 1 amide bonds. The third kappa shape index (κ3) is 4.73. The highest BCUT2D eigenvalue weighted by atomic mass is 16.5. The number of aryl methyl sites for hydroxylation is 1. The number of ether oxygens (including phenoxy) is 1. The maximum Gasteiger partial charge on any atom is 0.257 e. The summed E-state index contributed by atoms with van der Waals surface area (Å²) in [6.07, 6.45) is 6.37. The van der Waals surface area contributed by atoms with Gasteiger partial charge in [0.2, 0.25) is 0 Å². The van der Waals surface area contributed by atoms with Crippen LogP contribution in [-0.4, -0.2) is 41.7 Å². The topological polar surface area (TPSA) is 46.5 Å². The van der Waals surface area contributed by atoms with Gasteiger partial charge in [-0.25, -0.2) is 0 Å². The summed E-state index contributed by atoms with van der Waals surface area (Å²) in [4.78, 5) is 15.3. The van der Waals surface area contributed by atoms with Gasteiger partial charge in [-0.3, -0.25) is 9.69 Å². The zero-order valence-corrected chi connectivity index (χ0v) is 17.7. The van der Waals surface area contributed by atoms with Gasteiger partial charge in [-0.15, -0.1) is 0 Å². The van der Waals surface area contributed by atoms with Crippen molar-refractivity contribution in [3.8, 4) is 0 Å². The molecular weight excluding hydrogens is 362 g/mol. The first-order valence-corrected chi connectivity index (χ1v) is 11.0. The molecule has 0 unspecified atom stereocenters. The molecule has 1 aliphatic carbocycles. The molecule has 0 atom stereocenters. The van der Waals surface area contributed by atoms with Crippen LogP contribution < -0.4 is 5.32 Å². The lowest BCUT2D eigenvalue weighted by Gasteiger charge is -2.26. The molecule has 29 heavy (non-hydrogen) atoms. The highest BCUT2D eigenvalue weighted by Crippen LogP contribution is 2.32. The molecule has 1 saturated heterocycles. The second-order valence-electron chi connectivity index (χ2n) is 8.49. The van der Waals surface area contributed by atoms with Gasteiger partial charge in [-0.1, -0.05) is 31.4 Å². The zero-order valence-electron chi connectivity index (χ0n) is 17.7. The summed E-state index contributed by atoms with van der Waals surface area (Å²) in [6, 6.07) is 10.8. The van der Waals surface area contributed by atoms with E-state index in [0.29, 0.717) is 6.04 Å². The molecule has 2 aromatic rings. The first-order valence-electron chi connectivity index (χ1n) is 11.0. The van der Waals surface area contributed by atoms with Crippen LogP contribution in [0.2, 0.25) is 0 Å². The van der Waals surface area contributed by atoms with Crippen molar-refractivity contribution in [2.45, 2.75) is 58.5 Å². The Balaban J connectivity index is 1.41. The summed E-state index contributed by atoms with van der Waals surface area (Å²) < 4.78 is 7.80. The van der Waals surface area contributed by atoms with Gasteiger partial charge in [0.25, 0.3) is 5.91 Å². The molecule has 1 aromatic carbocycles. The number of rotatable bonds is 5. The van der Waals surface area contributed by atoms with Gasteiger partial charge in [-0.05, 0) is 50.5 Å². The Morgan fingerprint density at radius 1 is 1.07 bits per heavy atom. The average Bonchev–Trinajstić information content (AvgIpc) is 3.05. The number of amides is 1. The summed E-state index contributed by atoms with van der Waals surface area (Å²) in [5, 5.41) is 3.09. The summed E-state index contributed by atoms with van der Waals surface area (Å²) in [7, 11) is 0. The van der Waals surface area contributed by atoms with Crippen molar-refractivity contribution in [1.29, 1.82) is 0 Å². The predicted molar refractivity (Wildman–Crippen MR) is 117 cm³/mol. The molecule has 4 rings (SSSR count). The quantitative estimate of drug-likeness (QED) is 0.799. The van der Waals surface area contributed by atoms with Crippen LogP contribution in [0.4, 0.5) is 5.69 Å². The van der Waals surface area contributed by atoms with Crippen molar-refractivity contribution in [2.24, 2.45) is 0 Å². The number of nitrogens with zero attached hydrogens (tertiary/aromatic N) is 2.